The normalized spacial score (nSPS) is 48.0. The van der Waals surface area contributed by atoms with Gasteiger partial charge in [0, 0.05) is 74.2 Å². The predicted octanol–water partition coefficient (Wildman–Crippen LogP) is 5.45. The lowest BCUT2D eigenvalue weighted by molar-refractivity contribution is -0.584. The molecular weight excluding hydrogens is 1220 g/mol. The Bertz CT molecular complexity index is 2880. The van der Waals surface area contributed by atoms with Gasteiger partial charge in [0.2, 0.25) is 11.3 Å². The van der Waals surface area contributed by atoms with Crippen molar-refractivity contribution in [3.63, 3.8) is 0 Å². The molecule has 0 aromatic heterocycles. The number of hydrogen-bond acceptors (Lipinski definition) is 24. The molecule has 31 unspecified atom stereocenters. The highest BCUT2D eigenvalue weighted by Gasteiger charge is 2.64. The third kappa shape index (κ3) is 13.7. The highest BCUT2D eigenvalue weighted by atomic mass is 16.8. The van der Waals surface area contributed by atoms with Crippen LogP contribution in [0.3, 0.4) is 0 Å². The number of alkyl carbamates (subject to hydrolysis) is 1. The van der Waals surface area contributed by atoms with Gasteiger partial charge in [-0.3, -0.25) is 14.9 Å². The Kier molecular flexibility index (Phi) is 21.7. The smallest absolute Gasteiger partial charge is 0.407 e. The number of ketones is 1. The van der Waals surface area contributed by atoms with Crippen LogP contribution in [-0.4, -0.2) is 214 Å². The number of allylic oxidation sites excluding steroid dienone is 3. The van der Waals surface area contributed by atoms with Gasteiger partial charge < -0.3 is 97.5 Å². The summed E-state index contributed by atoms with van der Waals surface area (Å²) in [5.74, 6) is -5.33. The number of Topliss-reactive ketones (excluding diaryl/α,β-unsaturated/α-hetero) is 1. The van der Waals surface area contributed by atoms with E-state index in [0.717, 1.165) is 12.7 Å². The standard InChI is InChI=1S/C67H100N2O24/c1-29-15-18-45(88-52-27-65(11,69(79)80)60(38(10)87-52)68-64(78)82-14)30(2)20-40-21-39(28-70)33(5)26-67(40)62(76)53(63(77)93-67)61(75)66(12)42(29)17-16-41-54(66)31(3)19-32(4)57(41)91-51-24-46(56(74)35(7)84-51)89-50-25-47(90-48-22-43(71)55(73)34(6)83-48)59(37(9)86-50)92-49-23-44(72)58(81-13)36(8)85-49/h15-17,20-21,31-38,40-52,54-60,70-75H,18-19,22-28H2,1-14H3,(H,68,78). The lowest BCUT2D eigenvalue weighted by atomic mass is 9.49. The first-order valence-corrected chi connectivity index (χ1v) is 33.2. The number of ether oxygens (including phenoxy) is 13. The van der Waals surface area contributed by atoms with Crippen molar-refractivity contribution in [3.05, 3.63) is 68.5 Å². The Labute approximate surface area is 543 Å². The number of carbonyl (C=O) groups excluding carboxylic acids is 3. The Morgan fingerprint density at radius 3 is 1.92 bits per heavy atom. The molecule has 10 rings (SSSR count). The minimum absolute atomic E-state index is 0.00999. The van der Waals surface area contributed by atoms with Gasteiger partial charge in [-0.1, -0.05) is 63.6 Å². The third-order valence-corrected chi connectivity index (χ3v) is 22.3. The summed E-state index contributed by atoms with van der Waals surface area (Å²) in [5.41, 5.74) is -3.49. The fraction of sp³-hybridized carbons (Fsp3) is 0.806. The fourth-order valence-electron chi connectivity index (χ4n) is 17.2. The molecule has 1 amide bonds. The van der Waals surface area contributed by atoms with Crippen molar-refractivity contribution in [1.29, 1.82) is 0 Å². The quantitative estimate of drug-likeness (QED) is 0.0373. The average molecular weight is 1320 g/mol. The molecule has 10 aliphatic rings. The SMILES string of the molecule is COC(=O)NC1C(C)OC(OC2CC=C(C)C3C=CC4C(OC5CC(OC6CC(OC7CC(O)C(O)C(C)O7)C(OC7CC(O)C(OC)C(C)O7)C(C)O6)C(O)C(C)O5)C(C)CC(C)C4C3(C)C(O)=C3C(=O)OC4(CC(C)C(CO)=CC4C=C2C)C3=O)CC1(C)[N+](=O)[O-]. The summed E-state index contributed by atoms with van der Waals surface area (Å²) in [6.45, 7) is 21.2. The number of esters is 1. The Hall–Kier alpha value is -4.33. The topological polar surface area (TPSA) is 348 Å². The zero-order valence-electron chi connectivity index (χ0n) is 55.9. The van der Waals surface area contributed by atoms with Crippen LogP contribution in [0, 0.1) is 57.0 Å². The highest BCUT2D eigenvalue weighted by Crippen LogP contribution is 2.61. The largest absolute Gasteiger partial charge is 0.511 e. The number of hydrogen-bond donors (Lipinski definition) is 7. The van der Waals surface area contributed by atoms with Crippen LogP contribution in [0.2, 0.25) is 0 Å². The Morgan fingerprint density at radius 2 is 1.28 bits per heavy atom. The monoisotopic (exact) mass is 1320 g/mol. The molecule has 0 aromatic carbocycles. The highest BCUT2D eigenvalue weighted by molar-refractivity contribution is 6.26. The first kappa shape index (κ1) is 71.4. The maximum atomic E-state index is 15.7. The van der Waals surface area contributed by atoms with Crippen molar-refractivity contribution in [2.75, 3.05) is 20.8 Å². The van der Waals surface area contributed by atoms with Crippen LogP contribution in [0.5, 0.6) is 0 Å². The molecular formula is C67H100N2O24. The Balaban J connectivity index is 0.943. The number of nitro groups is 1. The van der Waals surface area contributed by atoms with Crippen molar-refractivity contribution in [1.82, 2.24) is 5.32 Å². The van der Waals surface area contributed by atoms with Gasteiger partial charge in [0.15, 0.2) is 37.1 Å². The molecule has 0 radical (unpaired) electrons. The van der Waals surface area contributed by atoms with Gasteiger partial charge in [0.25, 0.3) is 0 Å². The molecule has 6 aliphatic heterocycles. The van der Waals surface area contributed by atoms with Gasteiger partial charge in [-0.05, 0) is 96.1 Å². The second-order valence-electron chi connectivity index (χ2n) is 28.6. The van der Waals surface area contributed by atoms with Crippen molar-refractivity contribution >= 4 is 17.8 Å². The lowest BCUT2D eigenvalue weighted by Crippen LogP contribution is -2.65. The number of methoxy groups -OCH3 is 2. The Morgan fingerprint density at radius 1 is 0.688 bits per heavy atom. The molecule has 6 saturated heterocycles. The second-order valence-corrected chi connectivity index (χ2v) is 28.6. The maximum Gasteiger partial charge on any atom is 0.407 e. The van der Waals surface area contributed by atoms with E-state index in [1.165, 1.54) is 14.0 Å². The lowest BCUT2D eigenvalue weighted by Gasteiger charge is -2.56. The zero-order valence-corrected chi connectivity index (χ0v) is 55.9. The maximum absolute atomic E-state index is 15.7. The number of fused-ring (bicyclic) bond motifs is 4. The second kappa shape index (κ2) is 28.3. The molecule has 31 atom stereocenters. The van der Waals surface area contributed by atoms with E-state index >= 15 is 4.79 Å². The summed E-state index contributed by atoms with van der Waals surface area (Å²) >= 11 is 0. The molecule has 26 nitrogen and oxygen atoms in total. The first-order valence-electron chi connectivity index (χ1n) is 33.2. The van der Waals surface area contributed by atoms with Gasteiger partial charge in [0.05, 0.1) is 87.3 Å². The summed E-state index contributed by atoms with van der Waals surface area (Å²) in [4.78, 5) is 55.4. The van der Waals surface area contributed by atoms with E-state index in [1.54, 1.807) is 53.7 Å². The van der Waals surface area contributed by atoms with Crippen LogP contribution in [0.15, 0.2) is 58.4 Å². The van der Waals surface area contributed by atoms with Gasteiger partial charge in [-0.15, -0.1) is 0 Å². The van der Waals surface area contributed by atoms with Crippen LogP contribution in [-0.2, 0) is 71.2 Å². The van der Waals surface area contributed by atoms with Crippen molar-refractivity contribution < 1.29 is 112 Å². The number of amides is 1. The molecule has 2 bridgehead atoms. The van der Waals surface area contributed by atoms with Gasteiger partial charge >= 0.3 is 12.1 Å². The molecule has 1 spiro atoms. The van der Waals surface area contributed by atoms with Crippen molar-refractivity contribution in [2.45, 2.75) is 275 Å². The van der Waals surface area contributed by atoms with Gasteiger partial charge in [-0.25, -0.2) is 9.59 Å². The average Bonchev–Trinajstić information content (AvgIpc) is 1.70. The van der Waals surface area contributed by atoms with E-state index in [9.17, 15) is 50.3 Å². The van der Waals surface area contributed by atoms with E-state index in [2.05, 4.69) is 25.2 Å². The van der Waals surface area contributed by atoms with E-state index < -0.39 is 209 Å². The summed E-state index contributed by atoms with van der Waals surface area (Å²) in [5, 5.41) is 83.6. The molecule has 522 valence electrons. The number of rotatable bonds is 14. The van der Waals surface area contributed by atoms with E-state index in [1.807, 2.05) is 32.9 Å². The minimum Gasteiger partial charge on any atom is -0.511 e. The molecule has 4 aliphatic carbocycles. The number of carbonyl (C=O) groups is 3. The van der Waals surface area contributed by atoms with Crippen LogP contribution in [0.4, 0.5) is 4.79 Å². The third-order valence-electron chi connectivity index (χ3n) is 22.3. The molecule has 7 N–H and O–H groups in total. The summed E-state index contributed by atoms with van der Waals surface area (Å²) in [6, 6.07) is -1.09. The van der Waals surface area contributed by atoms with Gasteiger partial charge in [-0.2, -0.15) is 0 Å². The van der Waals surface area contributed by atoms with E-state index in [-0.39, 0.29) is 63.4 Å². The summed E-state index contributed by atoms with van der Waals surface area (Å²) in [7, 11) is 2.66. The molecule has 6 heterocycles. The predicted molar refractivity (Wildman–Crippen MR) is 327 cm³/mol. The summed E-state index contributed by atoms with van der Waals surface area (Å²) in [6.07, 6.45) is -8.05. The minimum atomic E-state index is -1.84. The number of nitrogens with one attached hydrogen (secondary N) is 1. The van der Waals surface area contributed by atoms with E-state index in [0.29, 0.717) is 17.6 Å². The van der Waals surface area contributed by atoms with Crippen molar-refractivity contribution in [2.24, 2.45) is 46.8 Å². The molecule has 7 fully saturated rings. The number of aliphatic hydroxyl groups is 6. The van der Waals surface area contributed by atoms with E-state index in [4.69, 9.17) is 61.6 Å². The van der Waals surface area contributed by atoms with Crippen LogP contribution >= 0.6 is 0 Å². The summed E-state index contributed by atoms with van der Waals surface area (Å²) < 4.78 is 82.0. The number of nitrogens with zero attached hydrogens (tertiary/aromatic N) is 1. The van der Waals surface area contributed by atoms with Crippen molar-refractivity contribution in [3.8, 4) is 0 Å². The van der Waals surface area contributed by atoms with Crippen LogP contribution in [0.25, 0.3) is 0 Å². The molecule has 93 heavy (non-hydrogen) atoms. The zero-order chi connectivity index (χ0) is 67.7. The van der Waals surface area contributed by atoms with Crippen LogP contribution in [0.1, 0.15) is 134 Å². The van der Waals surface area contributed by atoms with Crippen LogP contribution < -0.4 is 5.32 Å². The fourth-order valence-corrected chi connectivity index (χ4v) is 17.2. The first-order chi connectivity index (χ1) is 43.9. The molecule has 0 aromatic rings. The molecule has 1 saturated carbocycles. The molecule has 26 heteroatoms. The number of aliphatic hydroxyl groups excluding tert-OH is 6. The van der Waals surface area contributed by atoms with Gasteiger partial charge in [0.1, 0.15) is 41.8 Å².